The maximum atomic E-state index is 5.65. The number of benzene rings is 1. The van der Waals surface area contributed by atoms with Gasteiger partial charge in [-0.25, -0.2) is 4.98 Å². The quantitative estimate of drug-likeness (QED) is 0.713. The zero-order valence-electron chi connectivity index (χ0n) is 9.84. The zero-order valence-corrected chi connectivity index (χ0v) is 9.84. The van der Waals surface area contributed by atoms with Crippen molar-refractivity contribution in [3.63, 3.8) is 0 Å². The molecule has 0 spiro atoms. The average molecular weight is 239 g/mol. The predicted octanol–water partition coefficient (Wildman–Crippen LogP) is 2.59. The number of aromatic nitrogens is 2. The van der Waals surface area contributed by atoms with E-state index in [1.165, 1.54) is 5.56 Å². The Morgan fingerprint density at radius 3 is 2.67 bits per heavy atom. The van der Waals surface area contributed by atoms with Crippen LogP contribution in [0.15, 0.2) is 47.0 Å². The third-order valence-electron chi connectivity index (χ3n) is 2.82. The van der Waals surface area contributed by atoms with Crippen molar-refractivity contribution >= 4 is 16.9 Å². The van der Waals surface area contributed by atoms with Crippen LogP contribution < -0.4 is 5.73 Å². The molecule has 0 fully saturated rings. The van der Waals surface area contributed by atoms with E-state index in [1.807, 2.05) is 36.4 Å². The lowest BCUT2D eigenvalue weighted by Crippen LogP contribution is -1.92. The summed E-state index contributed by atoms with van der Waals surface area (Å²) < 4.78 is 5.62. The van der Waals surface area contributed by atoms with Gasteiger partial charge in [-0.3, -0.25) is 0 Å². The van der Waals surface area contributed by atoms with Gasteiger partial charge in [0.2, 0.25) is 0 Å². The SMILES string of the molecule is Nc1ccc(CCc2nc3ncccc3o2)cc1. The van der Waals surface area contributed by atoms with Gasteiger partial charge in [-0.15, -0.1) is 0 Å². The Hall–Kier alpha value is -2.36. The second kappa shape index (κ2) is 4.49. The molecule has 4 nitrogen and oxygen atoms in total. The Morgan fingerprint density at radius 2 is 1.89 bits per heavy atom. The van der Waals surface area contributed by atoms with E-state index in [1.54, 1.807) is 6.20 Å². The smallest absolute Gasteiger partial charge is 0.198 e. The van der Waals surface area contributed by atoms with Crippen molar-refractivity contribution in [1.82, 2.24) is 9.97 Å². The largest absolute Gasteiger partial charge is 0.439 e. The van der Waals surface area contributed by atoms with E-state index in [2.05, 4.69) is 9.97 Å². The molecule has 0 aliphatic carbocycles. The second-order valence-corrected chi connectivity index (χ2v) is 4.17. The highest BCUT2D eigenvalue weighted by atomic mass is 16.3. The van der Waals surface area contributed by atoms with Crippen LogP contribution in [-0.4, -0.2) is 9.97 Å². The molecule has 0 unspecified atom stereocenters. The van der Waals surface area contributed by atoms with Crippen molar-refractivity contribution in [2.45, 2.75) is 12.8 Å². The van der Waals surface area contributed by atoms with Gasteiger partial charge in [-0.05, 0) is 36.2 Å². The maximum absolute atomic E-state index is 5.65. The highest BCUT2D eigenvalue weighted by Gasteiger charge is 2.05. The third kappa shape index (κ3) is 2.18. The maximum Gasteiger partial charge on any atom is 0.198 e. The first kappa shape index (κ1) is 10.8. The normalized spacial score (nSPS) is 10.9. The van der Waals surface area contributed by atoms with Crippen molar-refractivity contribution in [1.29, 1.82) is 0 Å². The standard InChI is InChI=1S/C14H13N3O/c15-11-6-3-10(4-7-11)5-8-13-17-14-12(18-13)2-1-9-16-14/h1-4,6-7,9H,5,8,15H2. The van der Waals surface area contributed by atoms with Gasteiger partial charge in [0.25, 0.3) is 0 Å². The molecule has 0 saturated carbocycles. The zero-order chi connectivity index (χ0) is 12.4. The van der Waals surface area contributed by atoms with Crippen LogP contribution in [-0.2, 0) is 12.8 Å². The third-order valence-corrected chi connectivity index (χ3v) is 2.82. The Morgan fingerprint density at radius 1 is 1.06 bits per heavy atom. The van der Waals surface area contributed by atoms with E-state index in [-0.39, 0.29) is 0 Å². The number of pyridine rings is 1. The van der Waals surface area contributed by atoms with E-state index >= 15 is 0 Å². The molecule has 0 amide bonds. The number of aryl methyl sites for hydroxylation is 2. The van der Waals surface area contributed by atoms with Gasteiger partial charge in [0, 0.05) is 18.3 Å². The Balaban J connectivity index is 1.74. The van der Waals surface area contributed by atoms with Crippen molar-refractivity contribution in [2.24, 2.45) is 0 Å². The average Bonchev–Trinajstić information content (AvgIpc) is 2.81. The van der Waals surface area contributed by atoms with Gasteiger partial charge in [-0.2, -0.15) is 4.98 Å². The first-order valence-electron chi connectivity index (χ1n) is 5.86. The molecular formula is C14H13N3O. The van der Waals surface area contributed by atoms with Crippen LogP contribution in [0.25, 0.3) is 11.2 Å². The minimum absolute atomic E-state index is 0.671. The first-order chi connectivity index (χ1) is 8.81. The summed E-state index contributed by atoms with van der Waals surface area (Å²) in [5, 5.41) is 0. The van der Waals surface area contributed by atoms with E-state index in [9.17, 15) is 0 Å². The number of nitrogen functional groups attached to an aromatic ring is 1. The summed E-state index contributed by atoms with van der Waals surface area (Å²) >= 11 is 0. The summed E-state index contributed by atoms with van der Waals surface area (Å²) in [6.07, 6.45) is 3.36. The van der Waals surface area contributed by atoms with Crippen LogP contribution >= 0.6 is 0 Å². The first-order valence-corrected chi connectivity index (χ1v) is 5.86. The van der Waals surface area contributed by atoms with E-state index in [4.69, 9.17) is 10.2 Å². The molecule has 3 rings (SSSR count). The molecule has 4 heteroatoms. The number of hydrogen-bond donors (Lipinski definition) is 1. The van der Waals surface area contributed by atoms with Gasteiger partial charge in [0.1, 0.15) is 0 Å². The molecule has 0 aliphatic heterocycles. The predicted molar refractivity (Wildman–Crippen MR) is 70.1 cm³/mol. The van der Waals surface area contributed by atoms with Crippen LogP contribution in [0.4, 0.5) is 5.69 Å². The molecule has 3 aromatic rings. The molecule has 0 bridgehead atoms. The fourth-order valence-corrected chi connectivity index (χ4v) is 1.86. The summed E-state index contributed by atoms with van der Waals surface area (Å²) in [5.41, 5.74) is 9.06. The summed E-state index contributed by atoms with van der Waals surface area (Å²) in [5.74, 6) is 0.723. The van der Waals surface area contributed by atoms with Gasteiger partial charge in [-0.1, -0.05) is 12.1 Å². The number of anilines is 1. The molecule has 0 saturated heterocycles. The fourth-order valence-electron chi connectivity index (χ4n) is 1.86. The van der Waals surface area contributed by atoms with Crippen molar-refractivity contribution in [2.75, 3.05) is 5.73 Å². The minimum atomic E-state index is 0.671. The lowest BCUT2D eigenvalue weighted by atomic mass is 10.1. The lowest BCUT2D eigenvalue weighted by Gasteiger charge is -1.99. The molecule has 2 N–H and O–H groups in total. The number of oxazole rings is 1. The number of rotatable bonds is 3. The number of nitrogens with zero attached hydrogens (tertiary/aromatic N) is 2. The summed E-state index contributed by atoms with van der Waals surface area (Å²) in [4.78, 5) is 8.49. The molecule has 2 aromatic heterocycles. The molecule has 2 heterocycles. The van der Waals surface area contributed by atoms with Crippen LogP contribution in [0, 0.1) is 0 Å². The molecular weight excluding hydrogens is 226 g/mol. The van der Waals surface area contributed by atoms with Crippen LogP contribution in [0.1, 0.15) is 11.5 Å². The summed E-state index contributed by atoms with van der Waals surface area (Å²) in [7, 11) is 0. The van der Waals surface area contributed by atoms with Gasteiger partial charge in [0.15, 0.2) is 17.1 Å². The van der Waals surface area contributed by atoms with Crippen LogP contribution in [0.5, 0.6) is 0 Å². The van der Waals surface area contributed by atoms with Crippen molar-refractivity contribution in [3.05, 3.63) is 54.0 Å². The fraction of sp³-hybridized carbons (Fsp3) is 0.143. The Kier molecular flexibility index (Phi) is 2.68. The molecule has 18 heavy (non-hydrogen) atoms. The van der Waals surface area contributed by atoms with Crippen LogP contribution in [0.2, 0.25) is 0 Å². The number of fused-ring (bicyclic) bond motifs is 1. The Labute approximate surface area is 104 Å². The highest BCUT2D eigenvalue weighted by molar-refractivity contribution is 5.66. The van der Waals surface area contributed by atoms with Crippen molar-refractivity contribution < 1.29 is 4.42 Å². The van der Waals surface area contributed by atoms with E-state index < -0.39 is 0 Å². The second-order valence-electron chi connectivity index (χ2n) is 4.17. The number of nitrogens with two attached hydrogens (primary N) is 1. The summed E-state index contributed by atoms with van der Waals surface area (Å²) in [6, 6.07) is 11.6. The molecule has 90 valence electrons. The molecule has 0 radical (unpaired) electrons. The minimum Gasteiger partial charge on any atom is -0.439 e. The Bertz CT molecular complexity index is 625. The van der Waals surface area contributed by atoms with Crippen molar-refractivity contribution in [3.8, 4) is 0 Å². The molecule has 0 atom stereocenters. The lowest BCUT2D eigenvalue weighted by molar-refractivity contribution is 0.528. The molecule has 0 aliphatic rings. The van der Waals surface area contributed by atoms with Gasteiger partial charge >= 0.3 is 0 Å². The summed E-state index contributed by atoms with van der Waals surface area (Å²) in [6.45, 7) is 0. The van der Waals surface area contributed by atoms with Gasteiger partial charge < -0.3 is 10.2 Å². The van der Waals surface area contributed by atoms with Crippen LogP contribution in [0.3, 0.4) is 0 Å². The molecule has 1 aromatic carbocycles. The topological polar surface area (TPSA) is 64.9 Å². The number of hydrogen-bond acceptors (Lipinski definition) is 4. The monoisotopic (exact) mass is 239 g/mol. The van der Waals surface area contributed by atoms with E-state index in [0.29, 0.717) is 5.65 Å². The van der Waals surface area contributed by atoms with E-state index in [0.717, 1.165) is 30.0 Å². The van der Waals surface area contributed by atoms with Gasteiger partial charge in [0.05, 0.1) is 0 Å². The highest BCUT2D eigenvalue weighted by Crippen LogP contribution is 2.14.